The Kier molecular flexibility index (Phi) is 4.11. The van der Waals surface area contributed by atoms with Crippen molar-refractivity contribution >= 4 is 17.8 Å². The zero-order chi connectivity index (χ0) is 13.8. The third kappa shape index (κ3) is 3.08. The van der Waals surface area contributed by atoms with Crippen LogP contribution in [-0.4, -0.2) is 46.3 Å². The summed E-state index contributed by atoms with van der Waals surface area (Å²) in [6.07, 6.45) is 4.34. The molecule has 1 aromatic heterocycles. The van der Waals surface area contributed by atoms with Gasteiger partial charge < -0.3 is 21.1 Å². The monoisotopic (exact) mass is 262 g/mol. The van der Waals surface area contributed by atoms with E-state index in [2.05, 4.69) is 4.98 Å². The van der Waals surface area contributed by atoms with Crippen LogP contribution in [-0.2, 0) is 0 Å². The van der Waals surface area contributed by atoms with Gasteiger partial charge in [-0.25, -0.2) is 0 Å². The van der Waals surface area contributed by atoms with Crippen LogP contribution >= 0.6 is 0 Å². The number of nitrogens with two attached hydrogens (primary N) is 1. The van der Waals surface area contributed by atoms with Gasteiger partial charge in [0.15, 0.2) is 0 Å². The fraction of sp³-hybridized carbons (Fsp3) is 0.462. The van der Waals surface area contributed by atoms with Crippen molar-refractivity contribution in [2.75, 3.05) is 18.8 Å². The first kappa shape index (κ1) is 13.5. The van der Waals surface area contributed by atoms with Gasteiger partial charge in [-0.1, -0.05) is 0 Å². The van der Waals surface area contributed by atoms with Crippen molar-refractivity contribution < 1.29 is 9.90 Å². The summed E-state index contributed by atoms with van der Waals surface area (Å²) in [5.74, 6) is -0.169. The molecule has 1 aromatic rings. The van der Waals surface area contributed by atoms with Gasteiger partial charge in [-0.05, 0) is 25.3 Å². The lowest BCUT2D eigenvalue weighted by Crippen LogP contribution is -2.32. The maximum Gasteiger partial charge on any atom is 0.272 e. The molecule has 1 aliphatic heterocycles. The van der Waals surface area contributed by atoms with Crippen LogP contribution in [0.25, 0.3) is 0 Å². The SMILES string of the molecule is N=Cc1cnc(C(=O)N2CCCC(O)CC2)cc1N. The van der Waals surface area contributed by atoms with Crippen LogP contribution in [0.15, 0.2) is 12.3 Å². The van der Waals surface area contributed by atoms with Crippen molar-refractivity contribution in [2.45, 2.75) is 25.4 Å². The number of carbonyl (C=O) groups is 1. The van der Waals surface area contributed by atoms with Crippen LogP contribution in [0.2, 0.25) is 0 Å². The Morgan fingerprint density at radius 2 is 2.32 bits per heavy atom. The number of pyridine rings is 1. The van der Waals surface area contributed by atoms with Crippen LogP contribution in [0.3, 0.4) is 0 Å². The molecule has 1 unspecified atom stereocenters. The number of nitrogens with one attached hydrogen (secondary N) is 1. The lowest BCUT2D eigenvalue weighted by Gasteiger charge is -2.20. The Morgan fingerprint density at radius 1 is 1.53 bits per heavy atom. The molecule has 1 fully saturated rings. The van der Waals surface area contributed by atoms with Crippen molar-refractivity contribution in [1.82, 2.24) is 9.88 Å². The number of aliphatic hydroxyl groups is 1. The summed E-state index contributed by atoms with van der Waals surface area (Å²) in [6.45, 7) is 1.16. The fourth-order valence-electron chi connectivity index (χ4n) is 2.16. The average molecular weight is 262 g/mol. The number of aliphatic hydroxyl groups excluding tert-OH is 1. The van der Waals surface area contributed by atoms with Crippen LogP contribution in [0.4, 0.5) is 5.69 Å². The summed E-state index contributed by atoms with van der Waals surface area (Å²) >= 11 is 0. The molecule has 2 rings (SSSR count). The number of anilines is 1. The molecule has 0 saturated carbocycles. The minimum absolute atomic E-state index is 0.169. The highest BCUT2D eigenvalue weighted by Gasteiger charge is 2.21. The number of likely N-dealkylation sites (tertiary alicyclic amines) is 1. The fourth-order valence-corrected chi connectivity index (χ4v) is 2.16. The Labute approximate surface area is 111 Å². The van der Waals surface area contributed by atoms with Crippen LogP contribution < -0.4 is 5.73 Å². The number of aromatic nitrogens is 1. The van der Waals surface area contributed by atoms with Gasteiger partial charge in [0.25, 0.3) is 5.91 Å². The Hall–Kier alpha value is -1.95. The molecular weight excluding hydrogens is 244 g/mol. The third-order valence-corrected chi connectivity index (χ3v) is 3.33. The normalized spacial score (nSPS) is 19.8. The Morgan fingerprint density at radius 3 is 3.00 bits per heavy atom. The van der Waals surface area contributed by atoms with E-state index in [1.54, 1.807) is 4.90 Å². The van der Waals surface area contributed by atoms with E-state index in [1.165, 1.54) is 12.3 Å². The van der Waals surface area contributed by atoms with Gasteiger partial charge >= 0.3 is 0 Å². The highest BCUT2D eigenvalue weighted by atomic mass is 16.3. The third-order valence-electron chi connectivity index (χ3n) is 3.33. The molecule has 6 nitrogen and oxygen atoms in total. The van der Waals surface area contributed by atoms with Crippen molar-refractivity contribution in [2.24, 2.45) is 0 Å². The highest BCUT2D eigenvalue weighted by molar-refractivity contribution is 5.95. The maximum atomic E-state index is 12.3. The quantitative estimate of drug-likeness (QED) is 0.681. The lowest BCUT2D eigenvalue weighted by atomic mass is 10.2. The van der Waals surface area contributed by atoms with E-state index >= 15 is 0 Å². The number of nitrogens with zero attached hydrogens (tertiary/aromatic N) is 2. The zero-order valence-corrected chi connectivity index (χ0v) is 10.7. The van der Waals surface area contributed by atoms with Crippen molar-refractivity contribution in [1.29, 1.82) is 5.41 Å². The van der Waals surface area contributed by atoms with E-state index in [-0.39, 0.29) is 12.0 Å². The predicted molar refractivity (Wildman–Crippen MR) is 72.3 cm³/mol. The molecule has 1 atom stereocenters. The Bertz CT molecular complexity index is 490. The van der Waals surface area contributed by atoms with E-state index in [9.17, 15) is 9.90 Å². The number of carbonyl (C=O) groups excluding carboxylic acids is 1. The van der Waals surface area contributed by atoms with Crippen LogP contribution in [0.1, 0.15) is 35.3 Å². The van der Waals surface area contributed by atoms with E-state index in [4.69, 9.17) is 11.1 Å². The highest BCUT2D eigenvalue weighted by Crippen LogP contribution is 2.15. The summed E-state index contributed by atoms with van der Waals surface area (Å²) in [4.78, 5) is 18.0. The standard InChI is InChI=1S/C13H18N4O2/c14-7-9-8-16-12(6-11(9)15)13(19)17-4-1-2-10(18)3-5-17/h6-8,10,14,18H,1-5H2,(H2,15,16). The summed E-state index contributed by atoms with van der Waals surface area (Å²) in [7, 11) is 0. The second-order valence-corrected chi connectivity index (χ2v) is 4.72. The first-order chi connectivity index (χ1) is 9.11. The largest absolute Gasteiger partial charge is 0.398 e. The number of hydrogen-bond donors (Lipinski definition) is 3. The molecule has 4 N–H and O–H groups in total. The van der Waals surface area contributed by atoms with Gasteiger partial charge in [0.05, 0.1) is 6.10 Å². The van der Waals surface area contributed by atoms with E-state index < -0.39 is 0 Å². The van der Waals surface area contributed by atoms with E-state index in [0.717, 1.165) is 19.1 Å². The first-order valence-electron chi connectivity index (χ1n) is 6.35. The zero-order valence-electron chi connectivity index (χ0n) is 10.7. The molecule has 1 amide bonds. The molecule has 1 saturated heterocycles. The summed E-state index contributed by atoms with van der Waals surface area (Å²) in [5, 5.41) is 16.7. The molecule has 0 spiro atoms. The summed E-state index contributed by atoms with van der Waals surface area (Å²) in [5.41, 5.74) is 6.92. The predicted octanol–water partition coefficient (Wildman–Crippen LogP) is 0.648. The molecule has 102 valence electrons. The average Bonchev–Trinajstić information content (AvgIpc) is 2.62. The van der Waals surface area contributed by atoms with Crippen molar-refractivity contribution in [3.63, 3.8) is 0 Å². The molecule has 0 radical (unpaired) electrons. The minimum Gasteiger partial charge on any atom is -0.398 e. The molecule has 0 aliphatic carbocycles. The Balaban J connectivity index is 2.14. The van der Waals surface area contributed by atoms with Gasteiger partial charge in [-0.2, -0.15) is 0 Å². The number of hydrogen-bond acceptors (Lipinski definition) is 5. The van der Waals surface area contributed by atoms with Gasteiger partial charge in [0, 0.05) is 36.8 Å². The summed E-state index contributed by atoms with van der Waals surface area (Å²) in [6, 6.07) is 1.50. The number of rotatable bonds is 2. The smallest absolute Gasteiger partial charge is 0.272 e. The first-order valence-corrected chi connectivity index (χ1v) is 6.35. The maximum absolute atomic E-state index is 12.3. The van der Waals surface area contributed by atoms with E-state index in [0.29, 0.717) is 36.5 Å². The molecule has 2 heterocycles. The van der Waals surface area contributed by atoms with Crippen LogP contribution in [0.5, 0.6) is 0 Å². The molecule has 19 heavy (non-hydrogen) atoms. The molecular formula is C13H18N4O2. The molecule has 0 bridgehead atoms. The van der Waals surface area contributed by atoms with Gasteiger partial charge in [0.1, 0.15) is 5.69 Å². The second kappa shape index (κ2) is 5.79. The topological polar surface area (TPSA) is 103 Å². The van der Waals surface area contributed by atoms with Gasteiger partial charge in [-0.15, -0.1) is 0 Å². The van der Waals surface area contributed by atoms with Crippen molar-refractivity contribution in [3.8, 4) is 0 Å². The van der Waals surface area contributed by atoms with E-state index in [1.807, 2.05) is 0 Å². The molecule has 0 aromatic carbocycles. The van der Waals surface area contributed by atoms with Crippen LogP contribution in [0, 0.1) is 5.41 Å². The number of nitrogen functional groups attached to an aromatic ring is 1. The van der Waals surface area contributed by atoms with Crippen molar-refractivity contribution in [3.05, 3.63) is 23.5 Å². The second-order valence-electron chi connectivity index (χ2n) is 4.72. The summed E-state index contributed by atoms with van der Waals surface area (Å²) < 4.78 is 0. The number of amides is 1. The molecule has 1 aliphatic rings. The van der Waals surface area contributed by atoms with Gasteiger partial charge in [0.2, 0.25) is 0 Å². The van der Waals surface area contributed by atoms with Gasteiger partial charge in [-0.3, -0.25) is 9.78 Å². The lowest BCUT2D eigenvalue weighted by molar-refractivity contribution is 0.0747. The minimum atomic E-state index is -0.323. The molecule has 6 heteroatoms.